The second-order valence-electron chi connectivity index (χ2n) is 8.62. The molecule has 1 saturated carbocycles. The van der Waals surface area contributed by atoms with Crippen LogP contribution >= 0.6 is 0 Å². The van der Waals surface area contributed by atoms with E-state index < -0.39 is 0 Å². The third kappa shape index (κ3) is 6.44. The van der Waals surface area contributed by atoms with Gasteiger partial charge in [-0.15, -0.1) is 0 Å². The number of methoxy groups -OCH3 is 1. The number of carbonyl (C=O) groups excluding carboxylic acids is 2. The molecule has 0 aromatic heterocycles. The predicted molar refractivity (Wildman–Crippen MR) is 130 cm³/mol. The van der Waals surface area contributed by atoms with Crippen molar-refractivity contribution in [2.75, 3.05) is 18.6 Å². The van der Waals surface area contributed by atoms with Crippen molar-refractivity contribution in [2.45, 2.75) is 32.2 Å². The van der Waals surface area contributed by atoms with Crippen molar-refractivity contribution < 1.29 is 18.7 Å². The molecule has 0 spiro atoms. The van der Waals surface area contributed by atoms with Crippen LogP contribution in [-0.2, 0) is 29.0 Å². The topological polar surface area (TPSA) is 58.6 Å². The first-order valence-corrected chi connectivity index (χ1v) is 11.6. The molecule has 1 aliphatic rings. The van der Waals surface area contributed by atoms with Gasteiger partial charge in [0, 0.05) is 18.2 Å². The number of hydrogen-bond acceptors (Lipinski definition) is 3. The highest BCUT2D eigenvalue weighted by molar-refractivity contribution is 5.96. The Hall–Kier alpha value is -3.67. The predicted octanol–water partition coefficient (Wildman–Crippen LogP) is 4.68. The standard InChI is InChI=1S/C28H29FN2O3/c1-34-26-13-7-20(8-14-26)15-16-30-27(32)18-22-3-2-4-25(17-22)31(28(33)23-9-10-23)19-21-5-11-24(29)12-6-21/h2-8,11-14,17,23H,9-10,15-16,18-19H2,1H3,(H,30,32). The summed E-state index contributed by atoms with van der Waals surface area (Å²) < 4.78 is 18.5. The van der Waals surface area contributed by atoms with Gasteiger partial charge in [0.25, 0.3) is 0 Å². The monoisotopic (exact) mass is 460 g/mol. The van der Waals surface area contributed by atoms with E-state index in [0.29, 0.717) is 13.1 Å². The van der Waals surface area contributed by atoms with Gasteiger partial charge < -0.3 is 15.0 Å². The molecular formula is C28H29FN2O3. The van der Waals surface area contributed by atoms with E-state index in [1.807, 2.05) is 48.5 Å². The number of amides is 2. The Morgan fingerprint density at radius 1 is 0.971 bits per heavy atom. The molecule has 6 heteroatoms. The molecule has 0 radical (unpaired) electrons. The molecule has 5 nitrogen and oxygen atoms in total. The molecule has 1 N–H and O–H groups in total. The lowest BCUT2D eigenvalue weighted by atomic mass is 10.1. The van der Waals surface area contributed by atoms with Gasteiger partial charge in [-0.05, 0) is 72.4 Å². The number of nitrogens with zero attached hydrogens (tertiary/aromatic N) is 1. The summed E-state index contributed by atoms with van der Waals surface area (Å²) in [6.07, 6.45) is 2.76. The average Bonchev–Trinajstić information content (AvgIpc) is 3.69. The van der Waals surface area contributed by atoms with E-state index in [4.69, 9.17) is 4.74 Å². The fourth-order valence-corrected chi connectivity index (χ4v) is 3.84. The highest BCUT2D eigenvalue weighted by atomic mass is 19.1. The molecule has 0 atom stereocenters. The summed E-state index contributed by atoms with van der Waals surface area (Å²) in [6, 6.07) is 21.5. The lowest BCUT2D eigenvalue weighted by Gasteiger charge is -2.24. The number of hydrogen-bond donors (Lipinski definition) is 1. The van der Waals surface area contributed by atoms with E-state index >= 15 is 0 Å². The van der Waals surface area contributed by atoms with E-state index in [-0.39, 0.29) is 30.0 Å². The fourth-order valence-electron chi connectivity index (χ4n) is 3.84. The molecule has 3 aromatic rings. The number of carbonyl (C=O) groups is 2. The Labute approximate surface area is 199 Å². The van der Waals surface area contributed by atoms with Crippen LogP contribution in [0, 0.1) is 11.7 Å². The zero-order valence-corrected chi connectivity index (χ0v) is 19.3. The Morgan fingerprint density at radius 3 is 2.35 bits per heavy atom. The van der Waals surface area contributed by atoms with Crippen molar-refractivity contribution in [1.82, 2.24) is 5.32 Å². The van der Waals surface area contributed by atoms with Crippen molar-refractivity contribution in [2.24, 2.45) is 5.92 Å². The molecule has 1 fully saturated rings. The van der Waals surface area contributed by atoms with Crippen LogP contribution in [-0.4, -0.2) is 25.5 Å². The maximum absolute atomic E-state index is 13.3. The van der Waals surface area contributed by atoms with Crippen molar-refractivity contribution >= 4 is 17.5 Å². The minimum atomic E-state index is -0.302. The SMILES string of the molecule is COc1ccc(CCNC(=O)Cc2cccc(N(Cc3ccc(F)cc3)C(=O)C3CC3)c2)cc1. The highest BCUT2D eigenvalue weighted by Gasteiger charge is 2.34. The Bertz CT molecular complexity index is 1130. The summed E-state index contributed by atoms with van der Waals surface area (Å²) in [4.78, 5) is 27.3. The average molecular weight is 461 g/mol. The van der Waals surface area contributed by atoms with Crippen LogP contribution in [0.15, 0.2) is 72.8 Å². The van der Waals surface area contributed by atoms with Crippen molar-refractivity contribution in [3.05, 3.63) is 95.3 Å². The summed E-state index contributed by atoms with van der Waals surface area (Å²) in [6.45, 7) is 0.912. The van der Waals surface area contributed by atoms with Gasteiger partial charge in [-0.1, -0.05) is 36.4 Å². The second kappa shape index (κ2) is 11.0. The maximum atomic E-state index is 13.3. The summed E-state index contributed by atoms with van der Waals surface area (Å²) in [7, 11) is 1.63. The first kappa shape index (κ1) is 23.5. The van der Waals surface area contributed by atoms with E-state index in [1.165, 1.54) is 12.1 Å². The van der Waals surface area contributed by atoms with Crippen LogP contribution in [0.2, 0.25) is 0 Å². The molecule has 0 heterocycles. The molecule has 176 valence electrons. The van der Waals surface area contributed by atoms with Gasteiger partial charge in [-0.3, -0.25) is 9.59 Å². The number of ether oxygens (including phenoxy) is 1. The van der Waals surface area contributed by atoms with Crippen LogP contribution < -0.4 is 15.0 Å². The number of nitrogens with one attached hydrogen (secondary N) is 1. The molecule has 3 aromatic carbocycles. The van der Waals surface area contributed by atoms with E-state index in [1.54, 1.807) is 24.1 Å². The number of anilines is 1. The van der Waals surface area contributed by atoms with Gasteiger partial charge in [0.15, 0.2) is 0 Å². The van der Waals surface area contributed by atoms with Crippen LogP contribution in [0.5, 0.6) is 5.75 Å². The molecule has 0 aliphatic heterocycles. The summed E-state index contributed by atoms with van der Waals surface area (Å²) >= 11 is 0. The highest BCUT2D eigenvalue weighted by Crippen LogP contribution is 2.33. The Balaban J connectivity index is 1.37. The van der Waals surface area contributed by atoms with Gasteiger partial charge >= 0.3 is 0 Å². The van der Waals surface area contributed by atoms with Crippen LogP contribution in [0.1, 0.15) is 29.5 Å². The first-order chi connectivity index (χ1) is 16.5. The smallest absolute Gasteiger partial charge is 0.230 e. The third-order valence-corrected chi connectivity index (χ3v) is 5.93. The molecule has 2 amide bonds. The van der Waals surface area contributed by atoms with Crippen LogP contribution in [0.3, 0.4) is 0 Å². The molecule has 0 saturated heterocycles. The van der Waals surface area contributed by atoms with Gasteiger partial charge in [0.1, 0.15) is 11.6 Å². The maximum Gasteiger partial charge on any atom is 0.230 e. The lowest BCUT2D eigenvalue weighted by molar-refractivity contribution is -0.120. The number of halogens is 1. The van der Waals surface area contributed by atoms with Gasteiger partial charge in [-0.25, -0.2) is 4.39 Å². The van der Waals surface area contributed by atoms with Crippen molar-refractivity contribution in [3.8, 4) is 5.75 Å². The molecule has 4 rings (SSSR count). The van der Waals surface area contributed by atoms with Gasteiger partial charge in [0.2, 0.25) is 11.8 Å². The van der Waals surface area contributed by atoms with E-state index in [2.05, 4.69) is 5.32 Å². The van der Waals surface area contributed by atoms with E-state index in [0.717, 1.165) is 47.4 Å². The minimum absolute atomic E-state index is 0.0466. The normalized spacial score (nSPS) is 12.8. The molecule has 1 aliphatic carbocycles. The summed E-state index contributed by atoms with van der Waals surface area (Å²) in [5.41, 5.74) is 3.58. The molecular weight excluding hydrogens is 431 g/mol. The third-order valence-electron chi connectivity index (χ3n) is 5.93. The Morgan fingerprint density at radius 2 is 1.68 bits per heavy atom. The second-order valence-corrected chi connectivity index (χ2v) is 8.62. The summed E-state index contributed by atoms with van der Waals surface area (Å²) in [5, 5.41) is 2.97. The first-order valence-electron chi connectivity index (χ1n) is 11.6. The van der Waals surface area contributed by atoms with Crippen LogP contribution in [0.4, 0.5) is 10.1 Å². The minimum Gasteiger partial charge on any atom is -0.497 e. The van der Waals surface area contributed by atoms with Crippen molar-refractivity contribution in [3.63, 3.8) is 0 Å². The van der Waals surface area contributed by atoms with Crippen LogP contribution in [0.25, 0.3) is 0 Å². The largest absolute Gasteiger partial charge is 0.497 e. The molecule has 0 bridgehead atoms. The molecule has 34 heavy (non-hydrogen) atoms. The zero-order valence-electron chi connectivity index (χ0n) is 19.3. The van der Waals surface area contributed by atoms with Gasteiger partial charge in [-0.2, -0.15) is 0 Å². The molecule has 0 unspecified atom stereocenters. The van der Waals surface area contributed by atoms with E-state index in [9.17, 15) is 14.0 Å². The fraction of sp³-hybridized carbons (Fsp3) is 0.286. The quantitative estimate of drug-likeness (QED) is 0.478. The Kier molecular flexibility index (Phi) is 7.58. The lowest BCUT2D eigenvalue weighted by Crippen LogP contribution is -2.32. The van der Waals surface area contributed by atoms with Crippen molar-refractivity contribution in [1.29, 1.82) is 0 Å². The number of rotatable bonds is 10. The zero-order chi connectivity index (χ0) is 23.9. The van der Waals surface area contributed by atoms with Gasteiger partial charge in [0.05, 0.1) is 20.1 Å². The summed E-state index contributed by atoms with van der Waals surface area (Å²) in [5.74, 6) is 0.560. The number of benzene rings is 3.